The summed E-state index contributed by atoms with van der Waals surface area (Å²) in [4.78, 5) is 21.9. The molecule has 0 spiro atoms. The van der Waals surface area contributed by atoms with Crippen molar-refractivity contribution in [3.8, 4) is 5.75 Å². The molecule has 1 amide bonds. The minimum Gasteiger partial charge on any atom is -0.484 e. The molecular formula is C12H14INO4. The molecule has 0 aliphatic heterocycles. The average molecular weight is 363 g/mol. The summed E-state index contributed by atoms with van der Waals surface area (Å²) in [6.07, 6.45) is 0. The first-order valence-electron chi connectivity index (χ1n) is 5.37. The molecule has 1 unspecified atom stereocenters. The van der Waals surface area contributed by atoms with Crippen LogP contribution >= 0.6 is 22.6 Å². The second-order valence-corrected chi connectivity index (χ2v) is 5.03. The molecule has 0 saturated carbocycles. The van der Waals surface area contributed by atoms with E-state index in [-0.39, 0.29) is 19.1 Å². The molecule has 1 atom stereocenters. The van der Waals surface area contributed by atoms with Crippen molar-refractivity contribution >= 4 is 34.5 Å². The van der Waals surface area contributed by atoms with Crippen LogP contribution < -0.4 is 10.1 Å². The summed E-state index contributed by atoms with van der Waals surface area (Å²) in [6, 6.07) is 7.30. The lowest BCUT2D eigenvalue weighted by Gasteiger charge is -2.09. The van der Waals surface area contributed by atoms with E-state index in [1.54, 1.807) is 12.1 Å². The number of carbonyl (C=O) groups is 2. The van der Waals surface area contributed by atoms with Gasteiger partial charge in [-0.3, -0.25) is 9.59 Å². The van der Waals surface area contributed by atoms with Gasteiger partial charge in [-0.15, -0.1) is 0 Å². The molecule has 0 fully saturated rings. The fourth-order valence-electron chi connectivity index (χ4n) is 1.08. The van der Waals surface area contributed by atoms with Crippen LogP contribution in [0.1, 0.15) is 6.92 Å². The third kappa shape index (κ3) is 5.35. The van der Waals surface area contributed by atoms with E-state index in [1.807, 2.05) is 12.1 Å². The maximum Gasteiger partial charge on any atom is 0.308 e. The number of aliphatic carboxylic acids is 1. The molecule has 1 rings (SSSR count). The maximum absolute atomic E-state index is 11.4. The van der Waals surface area contributed by atoms with E-state index in [2.05, 4.69) is 27.9 Å². The van der Waals surface area contributed by atoms with Crippen LogP contribution in [0.2, 0.25) is 0 Å². The first-order valence-corrected chi connectivity index (χ1v) is 6.45. The van der Waals surface area contributed by atoms with Gasteiger partial charge in [0.1, 0.15) is 5.75 Å². The van der Waals surface area contributed by atoms with Gasteiger partial charge < -0.3 is 15.2 Å². The second-order valence-electron chi connectivity index (χ2n) is 3.79. The SMILES string of the molecule is CC(CNC(=O)COc1ccc(I)cc1)C(=O)O. The highest BCUT2D eigenvalue weighted by Gasteiger charge is 2.12. The second kappa shape index (κ2) is 7.20. The lowest BCUT2D eigenvalue weighted by atomic mass is 10.2. The van der Waals surface area contributed by atoms with Gasteiger partial charge in [0.25, 0.3) is 5.91 Å². The fourth-order valence-corrected chi connectivity index (χ4v) is 1.44. The Bertz CT molecular complexity index is 419. The van der Waals surface area contributed by atoms with Crippen LogP contribution in [0.3, 0.4) is 0 Å². The summed E-state index contributed by atoms with van der Waals surface area (Å²) < 4.78 is 6.34. The van der Waals surface area contributed by atoms with E-state index in [4.69, 9.17) is 9.84 Å². The number of halogens is 1. The molecule has 0 saturated heterocycles. The Morgan fingerprint density at radius 1 is 1.39 bits per heavy atom. The van der Waals surface area contributed by atoms with Gasteiger partial charge in [-0.25, -0.2) is 0 Å². The standard InChI is InChI=1S/C12H14INO4/c1-8(12(16)17)6-14-11(15)7-18-10-4-2-9(13)3-5-10/h2-5,8H,6-7H2,1H3,(H,14,15)(H,16,17). The third-order valence-electron chi connectivity index (χ3n) is 2.21. The van der Waals surface area contributed by atoms with Crippen molar-refractivity contribution in [2.24, 2.45) is 5.92 Å². The molecule has 1 aromatic carbocycles. The molecule has 0 bridgehead atoms. The lowest BCUT2D eigenvalue weighted by molar-refractivity contribution is -0.141. The minimum absolute atomic E-state index is 0.101. The molecule has 0 aliphatic rings. The predicted molar refractivity (Wildman–Crippen MR) is 74.5 cm³/mol. The Kier molecular flexibility index (Phi) is 5.90. The van der Waals surface area contributed by atoms with Crippen molar-refractivity contribution in [1.29, 1.82) is 0 Å². The summed E-state index contributed by atoms with van der Waals surface area (Å²) in [6.45, 7) is 1.51. The van der Waals surface area contributed by atoms with E-state index in [1.165, 1.54) is 6.92 Å². The Morgan fingerprint density at radius 2 is 2.00 bits per heavy atom. The first kappa shape index (κ1) is 14.7. The van der Waals surface area contributed by atoms with Crippen LogP contribution in [0, 0.1) is 9.49 Å². The van der Waals surface area contributed by atoms with E-state index < -0.39 is 11.9 Å². The summed E-state index contributed by atoms with van der Waals surface area (Å²) >= 11 is 2.17. The number of benzene rings is 1. The van der Waals surface area contributed by atoms with Crippen molar-refractivity contribution in [2.75, 3.05) is 13.2 Å². The zero-order valence-corrected chi connectivity index (χ0v) is 12.0. The highest BCUT2D eigenvalue weighted by Crippen LogP contribution is 2.13. The van der Waals surface area contributed by atoms with Crippen molar-refractivity contribution in [1.82, 2.24) is 5.32 Å². The summed E-state index contributed by atoms with van der Waals surface area (Å²) in [5, 5.41) is 11.1. The Balaban J connectivity index is 2.29. The zero-order valence-electron chi connectivity index (χ0n) is 9.85. The number of carboxylic acid groups (broad SMARTS) is 1. The van der Waals surface area contributed by atoms with Gasteiger partial charge in [0.15, 0.2) is 6.61 Å². The van der Waals surface area contributed by atoms with Gasteiger partial charge >= 0.3 is 5.97 Å². The molecule has 2 N–H and O–H groups in total. The first-order chi connectivity index (χ1) is 8.49. The van der Waals surface area contributed by atoms with Crippen LogP contribution in [-0.2, 0) is 9.59 Å². The zero-order chi connectivity index (χ0) is 13.5. The predicted octanol–water partition coefficient (Wildman–Crippen LogP) is 1.51. The Labute approximate surface area is 119 Å². The van der Waals surface area contributed by atoms with Crippen molar-refractivity contribution in [3.05, 3.63) is 27.8 Å². The van der Waals surface area contributed by atoms with Crippen LogP contribution in [-0.4, -0.2) is 30.1 Å². The maximum atomic E-state index is 11.4. The monoisotopic (exact) mass is 363 g/mol. The third-order valence-corrected chi connectivity index (χ3v) is 2.93. The van der Waals surface area contributed by atoms with E-state index >= 15 is 0 Å². The van der Waals surface area contributed by atoms with Gasteiger partial charge in [0.05, 0.1) is 5.92 Å². The largest absolute Gasteiger partial charge is 0.484 e. The number of hydrogen-bond acceptors (Lipinski definition) is 3. The molecule has 0 heterocycles. The van der Waals surface area contributed by atoms with Gasteiger partial charge in [-0.05, 0) is 46.9 Å². The van der Waals surface area contributed by atoms with Crippen molar-refractivity contribution in [2.45, 2.75) is 6.92 Å². The molecule has 6 heteroatoms. The number of rotatable bonds is 6. The average Bonchev–Trinajstić information content (AvgIpc) is 2.35. The molecular weight excluding hydrogens is 349 g/mol. The van der Waals surface area contributed by atoms with E-state index in [0.29, 0.717) is 5.75 Å². The molecule has 5 nitrogen and oxygen atoms in total. The smallest absolute Gasteiger partial charge is 0.308 e. The van der Waals surface area contributed by atoms with Gasteiger partial charge in [0, 0.05) is 10.1 Å². The lowest BCUT2D eigenvalue weighted by Crippen LogP contribution is -2.34. The normalized spacial score (nSPS) is 11.7. The fraction of sp³-hybridized carbons (Fsp3) is 0.333. The number of nitrogens with one attached hydrogen (secondary N) is 1. The van der Waals surface area contributed by atoms with Crippen molar-refractivity contribution < 1.29 is 19.4 Å². The Hall–Kier alpha value is -1.31. The number of carbonyl (C=O) groups excluding carboxylic acids is 1. The number of ether oxygens (including phenoxy) is 1. The van der Waals surface area contributed by atoms with E-state index in [9.17, 15) is 9.59 Å². The van der Waals surface area contributed by atoms with Gasteiger partial charge in [-0.1, -0.05) is 6.92 Å². The molecule has 0 radical (unpaired) electrons. The Morgan fingerprint density at radius 3 is 2.56 bits per heavy atom. The minimum atomic E-state index is -0.936. The molecule has 1 aromatic rings. The van der Waals surface area contributed by atoms with Crippen LogP contribution in [0.15, 0.2) is 24.3 Å². The molecule has 0 aliphatic carbocycles. The molecule has 18 heavy (non-hydrogen) atoms. The summed E-state index contributed by atoms with van der Waals surface area (Å²) in [7, 11) is 0. The topological polar surface area (TPSA) is 75.6 Å². The number of hydrogen-bond donors (Lipinski definition) is 2. The quantitative estimate of drug-likeness (QED) is 0.752. The molecule has 98 valence electrons. The van der Waals surface area contributed by atoms with E-state index in [0.717, 1.165) is 3.57 Å². The molecule has 0 aromatic heterocycles. The van der Waals surface area contributed by atoms with Crippen LogP contribution in [0.4, 0.5) is 0 Å². The van der Waals surface area contributed by atoms with Gasteiger partial charge in [0.2, 0.25) is 0 Å². The summed E-state index contributed by atoms with van der Waals surface area (Å²) in [5.41, 5.74) is 0. The van der Waals surface area contributed by atoms with Crippen LogP contribution in [0.25, 0.3) is 0 Å². The highest BCUT2D eigenvalue weighted by molar-refractivity contribution is 14.1. The number of amides is 1. The van der Waals surface area contributed by atoms with Crippen molar-refractivity contribution in [3.63, 3.8) is 0 Å². The number of carboxylic acids is 1. The van der Waals surface area contributed by atoms with Crippen LogP contribution in [0.5, 0.6) is 5.75 Å². The van der Waals surface area contributed by atoms with Gasteiger partial charge in [-0.2, -0.15) is 0 Å². The highest BCUT2D eigenvalue weighted by atomic mass is 127. The summed E-state index contributed by atoms with van der Waals surface area (Å²) in [5.74, 6) is -1.26.